The molecule has 0 atom stereocenters. The van der Waals surface area contributed by atoms with E-state index in [-0.39, 0.29) is 17.2 Å². The molecule has 3 nitrogen and oxygen atoms in total. The van der Waals surface area contributed by atoms with Gasteiger partial charge in [0.2, 0.25) is 5.91 Å². The number of amides is 1. The molecule has 2 aromatic rings. The van der Waals surface area contributed by atoms with E-state index in [4.69, 9.17) is 0 Å². The highest BCUT2D eigenvalue weighted by Crippen LogP contribution is 2.39. The smallest absolute Gasteiger partial charge is 0.416 e. The van der Waals surface area contributed by atoms with Crippen LogP contribution >= 0.6 is 11.9 Å². The van der Waals surface area contributed by atoms with E-state index < -0.39 is 11.7 Å². The summed E-state index contributed by atoms with van der Waals surface area (Å²) in [6.45, 7) is 1.87. The molecule has 2 rings (SSSR count). The van der Waals surface area contributed by atoms with Crippen molar-refractivity contribution >= 4 is 17.9 Å². The minimum absolute atomic E-state index is 0.0673. The Kier molecular flexibility index (Phi) is 5.77. The van der Waals surface area contributed by atoms with Gasteiger partial charge in [-0.1, -0.05) is 25.1 Å². The Morgan fingerprint density at radius 3 is 2.54 bits per heavy atom. The fraction of sp³-hybridized carbons (Fsp3) is 0.235. The van der Waals surface area contributed by atoms with Gasteiger partial charge in [0.05, 0.1) is 5.56 Å². The van der Waals surface area contributed by atoms with Gasteiger partial charge in [-0.2, -0.15) is 13.2 Å². The predicted molar refractivity (Wildman–Crippen MR) is 87.5 cm³/mol. The molecular weight excluding hydrogens is 339 g/mol. The molecule has 0 saturated carbocycles. The number of halogens is 3. The van der Waals surface area contributed by atoms with E-state index in [2.05, 4.69) is 4.72 Å². The third-order valence-corrected chi connectivity index (χ3v) is 4.16. The molecule has 0 aliphatic carbocycles. The lowest BCUT2D eigenvalue weighted by molar-refractivity contribution is -0.137. The van der Waals surface area contributed by atoms with Crippen LogP contribution in [-0.2, 0) is 11.0 Å². The van der Waals surface area contributed by atoms with Crippen LogP contribution in [0.1, 0.15) is 25.3 Å². The molecule has 0 radical (unpaired) electrons. The minimum atomic E-state index is -4.50. The Morgan fingerprint density at radius 2 is 1.88 bits per heavy atom. The van der Waals surface area contributed by atoms with Crippen molar-refractivity contribution in [2.24, 2.45) is 0 Å². The summed E-state index contributed by atoms with van der Waals surface area (Å²) in [6.07, 6.45) is -3.44. The maximum Gasteiger partial charge on any atom is 0.416 e. The van der Waals surface area contributed by atoms with Gasteiger partial charge >= 0.3 is 6.18 Å². The van der Waals surface area contributed by atoms with Gasteiger partial charge < -0.3 is 5.11 Å². The zero-order chi connectivity index (χ0) is 17.7. The number of aromatic hydroxyl groups is 1. The number of benzene rings is 2. The maximum absolute atomic E-state index is 12.9. The van der Waals surface area contributed by atoms with Crippen molar-refractivity contribution in [3.8, 4) is 16.9 Å². The van der Waals surface area contributed by atoms with Gasteiger partial charge in [-0.3, -0.25) is 9.52 Å². The normalized spacial score (nSPS) is 11.3. The average molecular weight is 355 g/mol. The van der Waals surface area contributed by atoms with Crippen molar-refractivity contribution in [2.75, 3.05) is 0 Å². The number of carbonyl (C=O) groups excluding carboxylic acids is 1. The quantitative estimate of drug-likeness (QED) is 0.742. The van der Waals surface area contributed by atoms with Crippen LogP contribution in [-0.4, -0.2) is 11.0 Å². The monoisotopic (exact) mass is 355 g/mol. The zero-order valence-corrected chi connectivity index (χ0v) is 13.7. The Hall–Kier alpha value is -2.15. The second-order valence-electron chi connectivity index (χ2n) is 5.10. The third-order valence-electron chi connectivity index (χ3n) is 3.25. The fourth-order valence-corrected chi connectivity index (χ4v) is 2.86. The lowest BCUT2D eigenvalue weighted by Gasteiger charge is -2.14. The number of phenols is 1. The summed E-state index contributed by atoms with van der Waals surface area (Å²) in [4.78, 5) is 12.1. The summed E-state index contributed by atoms with van der Waals surface area (Å²) in [6, 6.07) is 9.40. The molecule has 0 heterocycles. The first-order valence-corrected chi connectivity index (χ1v) is 8.10. The Bertz CT molecular complexity index is 732. The van der Waals surface area contributed by atoms with Gasteiger partial charge in [-0.15, -0.1) is 0 Å². The van der Waals surface area contributed by atoms with Gasteiger partial charge in [0, 0.05) is 22.4 Å². The Morgan fingerprint density at radius 1 is 1.17 bits per heavy atom. The van der Waals surface area contributed by atoms with Gasteiger partial charge in [0.25, 0.3) is 0 Å². The predicted octanol–water partition coefficient (Wildman–Crippen LogP) is 5.00. The summed E-state index contributed by atoms with van der Waals surface area (Å²) in [5, 5.41) is 9.98. The average Bonchev–Trinajstić information content (AvgIpc) is 2.53. The van der Waals surface area contributed by atoms with E-state index in [1.807, 2.05) is 6.92 Å². The topological polar surface area (TPSA) is 49.3 Å². The molecule has 2 aromatic carbocycles. The number of rotatable bonds is 5. The van der Waals surface area contributed by atoms with E-state index in [9.17, 15) is 23.1 Å². The summed E-state index contributed by atoms with van der Waals surface area (Å²) in [5.74, 6) is -0.415. The highest BCUT2D eigenvalue weighted by molar-refractivity contribution is 7.98. The minimum Gasteiger partial charge on any atom is -0.507 e. The highest BCUT2D eigenvalue weighted by atomic mass is 32.2. The van der Waals surface area contributed by atoms with Crippen LogP contribution in [0.4, 0.5) is 13.2 Å². The van der Waals surface area contributed by atoms with Crippen molar-refractivity contribution in [3.05, 3.63) is 48.0 Å². The molecule has 2 N–H and O–H groups in total. The molecule has 7 heteroatoms. The van der Waals surface area contributed by atoms with Crippen molar-refractivity contribution in [1.82, 2.24) is 4.72 Å². The SMILES string of the molecule is CCCC(=O)NSc1ccccc1-c1cc(C(F)(F)F)ccc1O. The molecule has 0 aromatic heterocycles. The van der Waals surface area contributed by atoms with E-state index in [0.29, 0.717) is 23.3 Å². The lowest BCUT2D eigenvalue weighted by atomic mass is 10.0. The number of phenolic OH excluding ortho intramolecular Hbond substituents is 1. The first kappa shape index (κ1) is 18.2. The van der Waals surface area contributed by atoms with Gasteiger partial charge in [0.1, 0.15) is 5.75 Å². The van der Waals surface area contributed by atoms with Crippen molar-refractivity contribution in [3.63, 3.8) is 0 Å². The molecule has 0 unspecified atom stereocenters. The van der Waals surface area contributed by atoms with Crippen LogP contribution in [0.25, 0.3) is 11.1 Å². The van der Waals surface area contributed by atoms with Crippen molar-refractivity contribution in [1.29, 1.82) is 0 Å². The second kappa shape index (κ2) is 7.61. The van der Waals surface area contributed by atoms with Crippen LogP contribution in [0.2, 0.25) is 0 Å². The van der Waals surface area contributed by atoms with Crippen LogP contribution < -0.4 is 4.72 Å². The van der Waals surface area contributed by atoms with E-state index >= 15 is 0 Å². The maximum atomic E-state index is 12.9. The number of nitrogens with one attached hydrogen (secondary N) is 1. The molecule has 0 spiro atoms. The number of carbonyl (C=O) groups is 1. The Labute approximate surface area is 142 Å². The molecule has 128 valence electrons. The summed E-state index contributed by atoms with van der Waals surface area (Å²) < 4.78 is 41.4. The number of hydrogen-bond donors (Lipinski definition) is 2. The molecule has 0 saturated heterocycles. The molecule has 1 amide bonds. The standard InChI is InChI=1S/C17H16F3NO2S/c1-2-5-16(23)21-24-15-7-4-3-6-12(15)13-10-11(17(18,19)20)8-9-14(13)22/h3-4,6-10,22H,2,5H2,1H3,(H,21,23). The molecule has 24 heavy (non-hydrogen) atoms. The Balaban J connectivity index is 2.37. The van der Waals surface area contributed by atoms with Gasteiger partial charge in [-0.05, 0) is 42.6 Å². The van der Waals surface area contributed by atoms with E-state index in [1.165, 1.54) is 0 Å². The van der Waals surface area contributed by atoms with Crippen LogP contribution in [0.3, 0.4) is 0 Å². The second-order valence-corrected chi connectivity index (χ2v) is 5.95. The number of alkyl halides is 3. The zero-order valence-electron chi connectivity index (χ0n) is 12.9. The molecule has 0 aliphatic rings. The molecular formula is C17H16F3NO2S. The van der Waals surface area contributed by atoms with E-state index in [1.54, 1.807) is 24.3 Å². The number of hydrogen-bond acceptors (Lipinski definition) is 3. The summed E-state index contributed by atoms with van der Waals surface area (Å²) >= 11 is 1.02. The third kappa shape index (κ3) is 4.44. The van der Waals surface area contributed by atoms with Crippen LogP contribution in [0.5, 0.6) is 5.75 Å². The van der Waals surface area contributed by atoms with Gasteiger partial charge in [-0.25, -0.2) is 0 Å². The van der Waals surface area contributed by atoms with Crippen molar-refractivity contribution < 1.29 is 23.1 Å². The summed E-state index contributed by atoms with van der Waals surface area (Å²) in [5.41, 5.74) is -0.356. The van der Waals surface area contributed by atoms with Crippen LogP contribution in [0.15, 0.2) is 47.4 Å². The lowest BCUT2D eigenvalue weighted by Crippen LogP contribution is -2.14. The molecule has 0 aliphatic heterocycles. The fourth-order valence-electron chi connectivity index (χ4n) is 2.10. The van der Waals surface area contributed by atoms with Crippen LogP contribution in [0, 0.1) is 0 Å². The van der Waals surface area contributed by atoms with E-state index in [0.717, 1.165) is 30.1 Å². The first-order valence-electron chi connectivity index (χ1n) is 7.28. The molecule has 0 bridgehead atoms. The highest BCUT2D eigenvalue weighted by Gasteiger charge is 2.31. The molecule has 0 fully saturated rings. The summed E-state index contributed by atoms with van der Waals surface area (Å²) in [7, 11) is 0. The van der Waals surface area contributed by atoms with Gasteiger partial charge in [0.15, 0.2) is 0 Å². The largest absolute Gasteiger partial charge is 0.507 e. The van der Waals surface area contributed by atoms with Crippen molar-refractivity contribution in [2.45, 2.75) is 30.8 Å². The first-order chi connectivity index (χ1) is 11.3.